The van der Waals surface area contributed by atoms with Crippen LogP contribution in [0.25, 0.3) is 0 Å². The lowest BCUT2D eigenvalue weighted by Crippen LogP contribution is -2.72. The van der Waals surface area contributed by atoms with Crippen LogP contribution in [0.2, 0.25) is 0 Å². The standard InChI is InChI=1S/C37H47N5O7/c1-37(2,3)42(16-14-29(15-17-42)40(36(44)45)22-28-20-31-32(21-38-28)49-19-18-48-31)30(25-47-24-26-8-6-5-7-9-26)23-41-34(43)13-11-27-10-12-33(46-4)39-35(27)41/h5-10,12,20-21,29-30H,11,13-19,22-25H2,1-4H3/p+1. The smallest absolute Gasteiger partial charge is 0.407 e. The molecule has 1 saturated heterocycles. The van der Waals surface area contributed by atoms with Gasteiger partial charge in [0, 0.05) is 37.4 Å². The minimum Gasteiger partial charge on any atom is -0.486 e. The molecule has 0 radical (unpaired) electrons. The Kier molecular flexibility index (Phi) is 10.3. The van der Waals surface area contributed by atoms with Gasteiger partial charge in [-0.2, -0.15) is 4.98 Å². The number of hydrogen-bond acceptors (Lipinski definition) is 8. The number of quaternary nitrogens is 1. The maximum absolute atomic E-state index is 13.6. The molecule has 12 heteroatoms. The highest BCUT2D eigenvalue weighted by Crippen LogP contribution is 2.38. The summed E-state index contributed by atoms with van der Waals surface area (Å²) >= 11 is 0. The van der Waals surface area contributed by atoms with Gasteiger partial charge in [0.15, 0.2) is 11.5 Å². The number of pyridine rings is 2. The van der Waals surface area contributed by atoms with Gasteiger partial charge >= 0.3 is 6.09 Å². The van der Waals surface area contributed by atoms with Gasteiger partial charge in [-0.05, 0) is 44.4 Å². The monoisotopic (exact) mass is 674 g/mol. The van der Waals surface area contributed by atoms with Crippen molar-refractivity contribution < 1.29 is 38.1 Å². The predicted molar refractivity (Wildman–Crippen MR) is 183 cm³/mol. The Morgan fingerprint density at radius 3 is 2.51 bits per heavy atom. The quantitative estimate of drug-likeness (QED) is 0.278. The Morgan fingerprint density at radius 1 is 1.08 bits per heavy atom. The number of piperidine rings is 1. The van der Waals surface area contributed by atoms with E-state index in [1.54, 1.807) is 19.4 Å². The summed E-state index contributed by atoms with van der Waals surface area (Å²) in [6.07, 6.45) is 2.99. The molecular formula is C37H48N5O7+. The number of anilines is 1. The molecule has 1 atom stereocenters. The molecule has 0 aliphatic carbocycles. The zero-order valence-electron chi connectivity index (χ0n) is 29.0. The number of methoxy groups -OCH3 is 1. The molecule has 0 saturated carbocycles. The summed E-state index contributed by atoms with van der Waals surface area (Å²) in [6.45, 7) is 10.5. The number of likely N-dealkylation sites (tertiary alicyclic amines) is 1. The average Bonchev–Trinajstić information content (AvgIpc) is 3.10. The number of fused-ring (bicyclic) bond motifs is 2. The van der Waals surface area contributed by atoms with Crippen molar-refractivity contribution in [1.82, 2.24) is 14.9 Å². The van der Waals surface area contributed by atoms with Gasteiger partial charge in [0.25, 0.3) is 0 Å². The lowest BCUT2D eigenvalue weighted by atomic mass is 9.88. The van der Waals surface area contributed by atoms with Gasteiger partial charge in [-0.1, -0.05) is 30.3 Å². The normalized spacial score (nSPS) is 21.1. The van der Waals surface area contributed by atoms with Gasteiger partial charge in [0.1, 0.15) is 31.7 Å². The number of nitrogens with zero attached hydrogens (tertiary/aromatic N) is 5. The van der Waals surface area contributed by atoms with E-state index >= 15 is 0 Å². The zero-order chi connectivity index (χ0) is 34.6. The third-order valence-electron chi connectivity index (χ3n) is 10.4. The van der Waals surface area contributed by atoms with E-state index in [2.05, 4.69) is 25.8 Å². The van der Waals surface area contributed by atoms with Crippen LogP contribution >= 0.6 is 0 Å². The molecule has 12 nitrogen and oxygen atoms in total. The first-order chi connectivity index (χ1) is 23.6. The Bertz CT molecular complexity index is 1620. The van der Waals surface area contributed by atoms with Crippen molar-refractivity contribution in [2.24, 2.45) is 0 Å². The fraction of sp³-hybridized carbons (Fsp3) is 0.514. The molecule has 2 aromatic heterocycles. The number of aryl methyl sites for hydroxylation is 1. The molecule has 3 aliphatic heterocycles. The van der Waals surface area contributed by atoms with Crippen molar-refractivity contribution >= 4 is 17.8 Å². The molecule has 1 N–H and O–H groups in total. The van der Waals surface area contributed by atoms with Crippen LogP contribution in [-0.2, 0) is 29.1 Å². The molecule has 0 spiro atoms. The van der Waals surface area contributed by atoms with Gasteiger partial charge in [0.05, 0.1) is 57.3 Å². The highest BCUT2D eigenvalue weighted by atomic mass is 16.6. The van der Waals surface area contributed by atoms with Crippen LogP contribution < -0.4 is 19.1 Å². The van der Waals surface area contributed by atoms with E-state index in [-0.39, 0.29) is 30.1 Å². The van der Waals surface area contributed by atoms with Crippen LogP contribution in [0, 0.1) is 0 Å². The number of carbonyl (C=O) groups is 2. The minimum absolute atomic E-state index is 0.0345. The average molecular weight is 675 g/mol. The van der Waals surface area contributed by atoms with Crippen LogP contribution in [0.1, 0.15) is 56.9 Å². The second-order valence-electron chi connectivity index (χ2n) is 14.1. The van der Waals surface area contributed by atoms with Crippen molar-refractivity contribution in [3.8, 4) is 17.4 Å². The molecule has 1 aromatic carbocycles. The molecule has 3 aromatic rings. The maximum Gasteiger partial charge on any atom is 0.407 e. The number of carbonyl (C=O) groups excluding carboxylic acids is 1. The molecule has 5 heterocycles. The number of ether oxygens (including phenoxy) is 4. The molecule has 1 unspecified atom stereocenters. The van der Waals surface area contributed by atoms with Crippen LogP contribution in [0.15, 0.2) is 54.7 Å². The predicted octanol–water partition coefficient (Wildman–Crippen LogP) is 5.08. The highest BCUT2D eigenvalue weighted by Gasteiger charge is 2.51. The molecule has 262 valence electrons. The third kappa shape index (κ3) is 7.45. The first-order valence-corrected chi connectivity index (χ1v) is 17.1. The summed E-state index contributed by atoms with van der Waals surface area (Å²) in [5.41, 5.74) is 2.49. The fourth-order valence-electron chi connectivity index (χ4n) is 7.65. The minimum atomic E-state index is -0.976. The summed E-state index contributed by atoms with van der Waals surface area (Å²) in [5, 5.41) is 10.4. The summed E-state index contributed by atoms with van der Waals surface area (Å²) in [4.78, 5) is 38.8. The second kappa shape index (κ2) is 14.6. The zero-order valence-corrected chi connectivity index (χ0v) is 29.0. The number of aromatic nitrogens is 2. The molecule has 2 amide bonds. The first-order valence-electron chi connectivity index (χ1n) is 17.1. The first kappa shape index (κ1) is 34.4. The molecule has 3 aliphatic rings. The van der Waals surface area contributed by atoms with Gasteiger partial charge in [-0.15, -0.1) is 0 Å². The number of hydrogen-bond donors (Lipinski definition) is 1. The number of amides is 2. The summed E-state index contributed by atoms with van der Waals surface area (Å²) in [5.74, 6) is 2.32. The van der Waals surface area contributed by atoms with E-state index < -0.39 is 6.09 Å². The topological polar surface area (TPSA) is 124 Å². The summed E-state index contributed by atoms with van der Waals surface area (Å²) in [6, 6.07) is 15.4. The van der Waals surface area contributed by atoms with Crippen LogP contribution in [0.3, 0.4) is 0 Å². The van der Waals surface area contributed by atoms with Gasteiger partial charge in [-0.25, -0.2) is 4.79 Å². The van der Waals surface area contributed by atoms with Crippen molar-refractivity contribution in [3.63, 3.8) is 0 Å². The SMILES string of the molecule is COc1ccc2c(n1)N(CC(COCc1ccccc1)[N+]1(C(C)(C)C)CCC(N(Cc3cc4c(cn3)OCCO4)C(=O)O)CC1)C(=O)CC2. The Morgan fingerprint density at radius 2 is 1.82 bits per heavy atom. The van der Waals surface area contributed by atoms with Crippen LogP contribution in [0.4, 0.5) is 10.6 Å². The van der Waals surface area contributed by atoms with E-state index in [0.717, 1.165) is 11.1 Å². The van der Waals surface area contributed by atoms with E-state index in [1.807, 2.05) is 47.4 Å². The van der Waals surface area contributed by atoms with Gasteiger partial charge < -0.3 is 28.5 Å². The third-order valence-corrected chi connectivity index (χ3v) is 10.4. The van der Waals surface area contributed by atoms with Crippen LogP contribution in [-0.4, -0.2) is 101 Å². The van der Waals surface area contributed by atoms with E-state index in [4.69, 9.17) is 23.9 Å². The molecule has 6 rings (SSSR count). The van der Waals surface area contributed by atoms with Crippen LogP contribution in [0.5, 0.6) is 17.4 Å². The van der Waals surface area contributed by atoms with Crippen molar-refractivity contribution in [1.29, 1.82) is 0 Å². The number of benzene rings is 1. The lowest BCUT2D eigenvalue weighted by Gasteiger charge is -2.57. The highest BCUT2D eigenvalue weighted by molar-refractivity contribution is 5.95. The lowest BCUT2D eigenvalue weighted by molar-refractivity contribution is -0.995. The molecule has 0 bridgehead atoms. The van der Waals surface area contributed by atoms with Crippen molar-refractivity contribution in [2.75, 3.05) is 51.5 Å². The Labute approximate surface area is 288 Å². The van der Waals surface area contributed by atoms with Gasteiger partial charge in [0.2, 0.25) is 11.8 Å². The van der Waals surface area contributed by atoms with E-state index in [9.17, 15) is 14.7 Å². The number of carboxylic acid groups (broad SMARTS) is 1. The van der Waals surface area contributed by atoms with Crippen molar-refractivity contribution in [3.05, 3.63) is 71.5 Å². The largest absolute Gasteiger partial charge is 0.486 e. The Hall–Kier alpha value is -4.42. The molecular weight excluding hydrogens is 626 g/mol. The fourth-order valence-corrected chi connectivity index (χ4v) is 7.65. The van der Waals surface area contributed by atoms with Crippen molar-refractivity contribution in [2.45, 2.75) is 77.2 Å². The van der Waals surface area contributed by atoms with Gasteiger partial charge in [-0.3, -0.25) is 19.6 Å². The molecule has 1 fully saturated rings. The summed E-state index contributed by atoms with van der Waals surface area (Å²) in [7, 11) is 1.58. The second-order valence-corrected chi connectivity index (χ2v) is 14.1. The number of rotatable bonds is 11. The maximum atomic E-state index is 13.6. The van der Waals surface area contributed by atoms with E-state index in [1.165, 1.54) is 4.90 Å². The summed E-state index contributed by atoms with van der Waals surface area (Å²) < 4.78 is 23.9. The Balaban J connectivity index is 1.26. The van der Waals surface area contributed by atoms with E-state index in [0.29, 0.717) is 105 Å². The molecule has 49 heavy (non-hydrogen) atoms.